The lowest BCUT2D eigenvalue weighted by molar-refractivity contribution is -0.142. The molecule has 0 saturated carbocycles. The van der Waals surface area contributed by atoms with E-state index in [4.69, 9.17) is 15.6 Å². The Balaban J connectivity index is 0.000000375. The second-order valence-corrected chi connectivity index (χ2v) is 8.00. The molecule has 0 aliphatic heterocycles. The standard InChI is InChI=1S/C22H22N2O5.C6H5NO2/c1-3-15-20(21(26)22(23)27)19-16(24(15)12-14-8-5-4-6-9-14)10-7-11-17(19)29-13-18(25)28-2;8-6(9)5-2-1-3-7-4-5/h4-11H,3,12-13H2,1-2H3,(H2,23,27);1-4H,(H,8,9). The molecule has 2 heterocycles. The van der Waals surface area contributed by atoms with Crippen LogP contribution in [0.1, 0.15) is 38.9 Å². The maximum Gasteiger partial charge on any atom is 0.343 e. The number of nitrogens with zero attached hydrogens (tertiary/aromatic N) is 2. The van der Waals surface area contributed by atoms with Gasteiger partial charge in [-0.05, 0) is 36.2 Å². The van der Waals surface area contributed by atoms with E-state index in [2.05, 4.69) is 9.72 Å². The molecule has 0 bridgehead atoms. The minimum atomic E-state index is -1.04. The van der Waals surface area contributed by atoms with Crippen molar-refractivity contribution in [3.63, 3.8) is 0 Å². The van der Waals surface area contributed by atoms with Gasteiger partial charge in [-0.15, -0.1) is 0 Å². The summed E-state index contributed by atoms with van der Waals surface area (Å²) in [5.41, 5.74) is 8.20. The number of pyridine rings is 1. The van der Waals surface area contributed by atoms with Gasteiger partial charge in [0.15, 0.2) is 6.61 Å². The molecule has 4 aromatic rings. The summed E-state index contributed by atoms with van der Waals surface area (Å²) in [6, 6.07) is 18.1. The van der Waals surface area contributed by atoms with Crippen molar-refractivity contribution >= 4 is 34.5 Å². The highest BCUT2D eigenvalue weighted by Crippen LogP contribution is 2.35. The van der Waals surface area contributed by atoms with Crippen molar-refractivity contribution in [3.8, 4) is 5.75 Å². The van der Waals surface area contributed by atoms with E-state index in [1.165, 1.54) is 25.6 Å². The Morgan fingerprint density at radius 3 is 2.29 bits per heavy atom. The lowest BCUT2D eigenvalue weighted by Gasteiger charge is -2.11. The Kier molecular flexibility index (Phi) is 9.31. The SMILES string of the molecule is CCc1c(C(=O)C(N)=O)c2c(OCC(=O)OC)cccc2n1Cc1ccccc1.O=C(O)c1cccnc1. The fourth-order valence-electron chi connectivity index (χ4n) is 3.91. The normalized spacial score (nSPS) is 10.3. The third-order valence-corrected chi connectivity index (χ3v) is 5.61. The number of methoxy groups -OCH3 is 1. The van der Waals surface area contributed by atoms with E-state index in [1.54, 1.807) is 18.2 Å². The molecule has 4 rings (SSSR count). The summed E-state index contributed by atoms with van der Waals surface area (Å²) in [5.74, 6) is -3.00. The van der Waals surface area contributed by atoms with Gasteiger partial charge in [-0.2, -0.15) is 0 Å². The fraction of sp³-hybridized carbons (Fsp3) is 0.179. The molecular weight excluding hydrogens is 490 g/mol. The molecular formula is C28H27N3O7. The van der Waals surface area contributed by atoms with Gasteiger partial charge in [0, 0.05) is 24.6 Å². The van der Waals surface area contributed by atoms with E-state index in [9.17, 15) is 19.2 Å². The van der Waals surface area contributed by atoms with Crippen LogP contribution >= 0.6 is 0 Å². The predicted octanol–water partition coefficient (Wildman–Crippen LogP) is 3.25. The smallest absolute Gasteiger partial charge is 0.343 e. The molecule has 196 valence electrons. The molecule has 3 N–H and O–H groups in total. The highest BCUT2D eigenvalue weighted by atomic mass is 16.6. The molecule has 1 amide bonds. The van der Waals surface area contributed by atoms with Crippen molar-refractivity contribution < 1.29 is 33.8 Å². The first-order valence-electron chi connectivity index (χ1n) is 11.6. The number of Topliss-reactive ketones (excluding diaryl/α,β-unsaturated/α-hetero) is 1. The van der Waals surface area contributed by atoms with Crippen LogP contribution in [-0.2, 0) is 27.3 Å². The van der Waals surface area contributed by atoms with Gasteiger partial charge in [-0.1, -0.05) is 43.3 Å². The number of primary amides is 1. The zero-order chi connectivity index (χ0) is 27.7. The average molecular weight is 518 g/mol. The Morgan fingerprint density at radius 1 is 1.00 bits per heavy atom. The zero-order valence-corrected chi connectivity index (χ0v) is 20.9. The summed E-state index contributed by atoms with van der Waals surface area (Å²) < 4.78 is 12.2. The monoisotopic (exact) mass is 517 g/mol. The number of amides is 1. The molecule has 2 aromatic carbocycles. The third-order valence-electron chi connectivity index (χ3n) is 5.61. The number of aromatic carboxylic acids is 1. The van der Waals surface area contributed by atoms with Crippen LogP contribution in [0.3, 0.4) is 0 Å². The number of fused-ring (bicyclic) bond motifs is 1. The van der Waals surface area contributed by atoms with E-state index in [1.807, 2.05) is 47.9 Å². The molecule has 0 aliphatic rings. The van der Waals surface area contributed by atoms with Gasteiger partial charge in [-0.3, -0.25) is 14.6 Å². The van der Waals surface area contributed by atoms with Gasteiger partial charge in [0.05, 0.1) is 29.1 Å². The summed E-state index contributed by atoms with van der Waals surface area (Å²) in [5, 5.41) is 8.81. The molecule has 10 heteroatoms. The largest absolute Gasteiger partial charge is 0.481 e. The van der Waals surface area contributed by atoms with Gasteiger partial charge < -0.3 is 24.9 Å². The van der Waals surface area contributed by atoms with E-state index < -0.39 is 23.6 Å². The first-order valence-corrected chi connectivity index (χ1v) is 11.6. The lowest BCUT2D eigenvalue weighted by Crippen LogP contribution is -2.24. The summed E-state index contributed by atoms with van der Waals surface area (Å²) in [6.45, 7) is 2.10. The van der Waals surface area contributed by atoms with Gasteiger partial charge >= 0.3 is 11.9 Å². The minimum absolute atomic E-state index is 0.214. The Bertz CT molecular complexity index is 1450. The van der Waals surface area contributed by atoms with E-state index in [0.717, 1.165) is 11.1 Å². The third kappa shape index (κ3) is 6.41. The summed E-state index contributed by atoms with van der Waals surface area (Å²) in [4.78, 5) is 49.8. The lowest BCUT2D eigenvalue weighted by atomic mass is 10.0. The quantitative estimate of drug-likeness (QED) is 0.195. The molecule has 0 aliphatic carbocycles. The molecule has 10 nitrogen and oxygen atoms in total. The van der Waals surface area contributed by atoms with Gasteiger partial charge in [0.1, 0.15) is 5.75 Å². The fourth-order valence-corrected chi connectivity index (χ4v) is 3.91. The molecule has 0 radical (unpaired) electrons. The van der Waals surface area contributed by atoms with Gasteiger partial charge in [0.2, 0.25) is 0 Å². The van der Waals surface area contributed by atoms with E-state index in [-0.39, 0.29) is 17.7 Å². The number of esters is 1. The number of benzene rings is 2. The molecule has 0 saturated heterocycles. The zero-order valence-electron chi connectivity index (χ0n) is 20.9. The minimum Gasteiger partial charge on any atom is -0.481 e. The number of hydrogen-bond acceptors (Lipinski definition) is 7. The highest BCUT2D eigenvalue weighted by molar-refractivity contribution is 6.45. The maximum absolute atomic E-state index is 12.7. The number of ketones is 1. The van der Waals surface area contributed by atoms with Crippen molar-refractivity contribution in [2.75, 3.05) is 13.7 Å². The van der Waals surface area contributed by atoms with Gasteiger partial charge in [0.25, 0.3) is 11.7 Å². The predicted molar refractivity (Wildman–Crippen MR) is 139 cm³/mol. The van der Waals surface area contributed by atoms with Crippen molar-refractivity contribution in [1.82, 2.24) is 9.55 Å². The summed E-state index contributed by atoms with van der Waals surface area (Å²) >= 11 is 0. The van der Waals surface area contributed by atoms with Crippen molar-refractivity contribution in [1.29, 1.82) is 0 Å². The highest BCUT2D eigenvalue weighted by Gasteiger charge is 2.27. The van der Waals surface area contributed by atoms with Crippen LogP contribution in [0.25, 0.3) is 10.9 Å². The second-order valence-electron chi connectivity index (χ2n) is 8.00. The Hall–Kier alpha value is -4.99. The number of nitrogens with two attached hydrogens (primary N) is 1. The van der Waals surface area contributed by atoms with Crippen LogP contribution in [0.15, 0.2) is 73.1 Å². The number of hydrogen-bond donors (Lipinski definition) is 2. The topological polar surface area (TPSA) is 151 Å². The number of carbonyl (C=O) groups excluding carboxylic acids is 3. The van der Waals surface area contributed by atoms with E-state index >= 15 is 0 Å². The second kappa shape index (κ2) is 12.8. The van der Waals surface area contributed by atoms with Crippen LogP contribution in [-0.4, -0.2) is 52.0 Å². The van der Waals surface area contributed by atoms with Crippen molar-refractivity contribution in [2.24, 2.45) is 5.73 Å². The average Bonchev–Trinajstić information content (AvgIpc) is 3.26. The van der Waals surface area contributed by atoms with Crippen LogP contribution < -0.4 is 10.5 Å². The van der Waals surface area contributed by atoms with Crippen molar-refractivity contribution in [2.45, 2.75) is 19.9 Å². The first kappa shape index (κ1) is 27.6. The Labute approximate surface area is 218 Å². The number of aromatic nitrogens is 2. The molecule has 0 atom stereocenters. The molecule has 0 unspecified atom stereocenters. The maximum atomic E-state index is 12.7. The Morgan fingerprint density at radius 2 is 1.74 bits per heavy atom. The number of carboxylic acids is 1. The summed E-state index contributed by atoms with van der Waals surface area (Å²) in [6.07, 6.45) is 3.35. The van der Waals surface area contributed by atoms with Gasteiger partial charge in [-0.25, -0.2) is 9.59 Å². The molecule has 0 spiro atoms. The number of carboxylic acid groups (broad SMARTS) is 1. The number of carbonyl (C=O) groups is 4. The summed E-state index contributed by atoms with van der Waals surface area (Å²) in [7, 11) is 1.26. The number of rotatable bonds is 9. The van der Waals surface area contributed by atoms with E-state index in [0.29, 0.717) is 29.8 Å². The van der Waals surface area contributed by atoms with Crippen LogP contribution in [0.2, 0.25) is 0 Å². The van der Waals surface area contributed by atoms with Crippen LogP contribution in [0.4, 0.5) is 0 Å². The van der Waals surface area contributed by atoms with Crippen LogP contribution in [0, 0.1) is 0 Å². The van der Waals surface area contributed by atoms with Crippen molar-refractivity contribution in [3.05, 3.63) is 95.4 Å². The molecule has 2 aromatic heterocycles. The molecule has 0 fully saturated rings. The first-order chi connectivity index (χ1) is 18.3. The molecule has 38 heavy (non-hydrogen) atoms. The van der Waals surface area contributed by atoms with Crippen LogP contribution in [0.5, 0.6) is 5.75 Å². The number of ether oxygens (including phenoxy) is 2.